The van der Waals surface area contributed by atoms with Crippen molar-refractivity contribution in [3.63, 3.8) is 0 Å². The normalized spacial score (nSPS) is 10.1. The van der Waals surface area contributed by atoms with E-state index in [0.29, 0.717) is 17.1 Å². The third-order valence-electron chi connectivity index (χ3n) is 3.71. The summed E-state index contributed by atoms with van der Waals surface area (Å²) in [5.74, 6) is 0.721. The largest absolute Gasteiger partial charge is 0.497 e. The topological polar surface area (TPSA) is 64.6 Å². The number of aryl methyl sites for hydroxylation is 1. The second-order valence-electron chi connectivity index (χ2n) is 5.35. The van der Waals surface area contributed by atoms with Gasteiger partial charge in [-0.3, -0.25) is 9.59 Å². The van der Waals surface area contributed by atoms with Crippen LogP contribution in [0.15, 0.2) is 42.5 Å². The van der Waals surface area contributed by atoms with Crippen LogP contribution in [0.2, 0.25) is 0 Å². The van der Waals surface area contributed by atoms with Crippen molar-refractivity contribution in [3.05, 3.63) is 53.6 Å². The number of rotatable bonds is 7. The maximum atomic E-state index is 12.3. The molecule has 24 heavy (non-hydrogen) atoms. The molecule has 0 spiro atoms. The number of nitrogens with one attached hydrogen (secondary N) is 1. The highest BCUT2D eigenvalue weighted by Crippen LogP contribution is 2.26. The van der Waals surface area contributed by atoms with Gasteiger partial charge in [0.05, 0.1) is 19.8 Å². The fraction of sp³-hybridized carbons (Fsp3) is 0.263. The van der Waals surface area contributed by atoms with E-state index in [9.17, 15) is 9.59 Å². The zero-order valence-corrected chi connectivity index (χ0v) is 14.1. The zero-order chi connectivity index (χ0) is 17.5. The first-order valence-corrected chi connectivity index (χ1v) is 7.66. The Hall–Kier alpha value is -2.82. The first-order chi connectivity index (χ1) is 11.5. The highest BCUT2D eigenvalue weighted by atomic mass is 16.5. The molecular weight excluding hydrogens is 306 g/mol. The summed E-state index contributed by atoms with van der Waals surface area (Å²) < 4.78 is 10.3. The summed E-state index contributed by atoms with van der Waals surface area (Å²) in [5.41, 5.74) is 2.19. The van der Waals surface area contributed by atoms with Crippen LogP contribution >= 0.6 is 0 Å². The lowest BCUT2D eigenvalue weighted by molar-refractivity contribution is -0.116. The highest BCUT2D eigenvalue weighted by molar-refractivity contribution is 6.02. The average Bonchev–Trinajstić information content (AvgIpc) is 2.61. The molecule has 0 aromatic heterocycles. The van der Waals surface area contributed by atoms with Crippen molar-refractivity contribution in [2.45, 2.75) is 19.8 Å². The fourth-order valence-electron chi connectivity index (χ4n) is 2.32. The summed E-state index contributed by atoms with van der Waals surface area (Å²) in [7, 11) is 3.04. The lowest BCUT2D eigenvalue weighted by Gasteiger charge is -2.10. The van der Waals surface area contributed by atoms with E-state index in [1.807, 2.05) is 31.2 Å². The van der Waals surface area contributed by atoms with Gasteiger partial charge in [-0.05, 0) is 30.7 Å². The maximum absolute atomic E-state index is 12.3. The second kappa shape index (κ2) is 8.15. The van der Waals surface area contributed by atoms with Gasteiger partial charge in [-0.2, -0.15) is 0 Å². The molecule has 2 rings (SSSR count). The Morgan fingerprint density at radius 3 is 2.42 bits per heavy atom. The molecule has 0 saturated carbocycles. The van der Waals surface area contributed by atoms with Crippen molar-refractivity contribution in [2.24, 2.45) is 0 Å². The molecule has 2 aromatic carbocycles. The van der Waals surface area contributed by atoms with Gasteiger partial charge in [-0.1, -0.05) is 18.2 Å². The molecule has 0 unspecified atom stereocenters. The van der Waals surface area contributed by atoms with Crippen LogP contribution in [0.4, 0.5) is 5.69 Å². The molecule has 0 aliphatic carbocycles. The quantitative estimate of drug-likeness (QED) is 0.789. The summed E-state index contributed by atoms with van der Waals surface area (Å²) in [6, 6.07) is 12.5. The Morgan fingerprint density at radius 1 is 1.00 bits per heavy atom. The Bertz CT molecular complexity index is 740. The highest BCUT2D eigenvalue weighted by Gasteiger charge is 2.15. The van der Waals surface area contributed by atoms with Gasteiger partial charge < -0.3 is 14.8 Å². The number of benzene rings is 2. The van der Waals surface area contributed by atoms with E-state index in [0.717, 1.165) is 11.3 Å². The van der Waals surface area contributed by atoms with E-state index < -0.39 is 0 Å². The molecule has 5 heteroatoms. The average molecular weight is 327 g/mol. The van der Waals surface area contributed by atoms with Crippen LogP contribution in [0.25, 0.3) is 0 Å². The minimum Gasteiger partial charge on any atom is -0.497 e. The predicted molar refractivity (Wildman–Crippen MR) is 92.9 cm³/mol. The molecule has 0 saturated heterocycles. The van der Waals surface area contributed by atoms with Gasteiger partial charge in [-0.25, -0.2) is 0 Å². The number of methoxy groups -OCH3 is 2. The van der Waals surface area contributed by atoms with Crippen LogP contribution in [0.3, 0.4) is 0 Å². The lowest BCUT2D eigenvalue weighted by atomic mass is 10.0. The van der Waals surface area contributed by atoms with Crippen LogP contribution < -0.4 is 14.8 Å². The van der Waals surface area contributed by atoms with E-state index in [1.54, 1.807) is 25.3 Å². The summed E-state index contributed by atoms with van der Waals surface area (Å²) in [6.45, 7) is 1.92. The standard InChI is InChI=1S/C19H21NO4/c1-13-6-4-5-7-16(13)20-19(22)11-10-17(21)15-9-8-14(23-2)12-18(15)24-3/h4-9,12H,10-11H2,1-3H3,(H,20,22). The summed E-state index contributed by atoms with van der Waals surface area (Å²) in [5, 5.41) is 2.82. The molecule has 1 amide bonds. The minimum absolute atomic E-state index is 0.112. The smallest absolute Gasteiger partial charge is 0.224 e. The lowest BCUT2D eigenvalue weighted by Crippen LogP contribution is -2.14. The number of hydrogen-bond donors (Lipinski definition) is 1. The molecule has 0 aliphatic heterocycles. The molecule has 5 nitrogen and oxygen atoms in total. The minimum atomic E-state index is -0.190. The van der Waals surface area contributed by atoms with E-state index >= 15 is 0 Å². The van der Waals surface area contributed by atoms with Gasteiger partial charge in [0.2, 0.25) is 5.91 Å². The number of anilines is 1. The maximum Gasteiger partial charge on any atom is 0.224 e. The Balaban J connectivity index is 1.98. The van der Waals surface area contributed by atoms with Crippen LogP contribution in [0.1, 0.15) is 28.8 Å². The van der Waals surface area contributed by atoms with Crippen molar-refractivity contribution in [1.82, 2.24) is 0 Å². The van der Waals surface area contributed by atoms with Crippen LogP contribution in [0.5, 0.6) is 11.5 Å². The predicted octanol–water partition coefficient (Wildman–Crippen LogP) is 3.61. The SMILES string of the molecule is COc1ccc(C(=O)CCC(=O)Nc2ccccc2C)c(OC)c1. The van der Waals surface area contributed by atoms with Crippen molar-refractivity contribution in [1.29, 1.82) is 0 Å². The molecule has 0 aliphatic rings. The molecule has 0 bridgehead atoms. The van der Waals surface area contributed by atoms with Crippen molar-refractivity contribution in [3.8, 4) is 11.5 Å². The van der Waals surface area contributed by atoms with Crippen LogP contribution in [-0.2, 0) is 4.79 Å². The number of para-hydroxylation sites is 1. The van der Waals surface area contributed by atoms with Gasteiger partial charge >= 0.3 is 0 Å². The van der Waals surface area contributed by atoms with Gasteiger partial charge in [-0.15, -0.1) is 0 Å². The van der Waals surface area contributed by atoms with Crippen LogP contribution in [-0.4, -0.2) is 25.9 Å². The van der Waals surface area contributed by atoms with Crippen LogP contribution in [0, 0.1) is 6.92 Å². The Kier molecular flexibility index (Phi) is 5.95. The van der Waals surface area contributed by atoms with Crippen molar-refractivity contribution >= 4 is 17.4 Å². The Labute approximate surface area is 141 Å². The number of hydrogen-bond acceptors (Lipinski definition) is 4. The van der Waals surface area contributed by atoms with E-state index in [4.69, 9.17) is 9.47 Å². The fourth-order valence-corrected chi connectivity index (χ4v) is 2.32. The zero-order valence-electron chi connectivity index (χ0n) is 14.1. The summed E-state index contributed by atoms with van der Waals surface area (Å²) >= 11 is 0. The number of amides is 1. The molecule has 2 aromatic rings. The molecule has 0 atom stereocenters. The van der Waals surface area contributed by atoms with E-state index in [1.165, 1.54) is 7.11 Å². The first-order valence-electron chi connectivity index (χ1n) is 7.66. The van der Waals surface area contributed by atoms with Gasteiger partial charge in [0.15, 0.2) is 5.78 Å². The van der Waals surface area contributed by atoms with E-state index in [-0.39, 0.29) is 24.5 Å². The summed E-state index contributed by atoms with van der Waals surface area (Å²) in [4.78, 5) is 24.4. The number of carbonyl (C=O) groups excluding carboxylic acids is 2. The molecular formula is C19H21NO4. The second-order valence-corrected chi connectivity index (χ2v) is 5.35. The summed E-state index contributed by atoms with van der Waals surface area (Å²) in [6.07, 6.45) is 0.225. The number of ether oxygens (including phenoxy) is 2. The van der Waals surface area contributed by atoms with Gasteiger partial charge in [0.25, 0.3) is 0 Å². The van der Waals surface area contributed by atoms with Crippen molar-refractivity contribution in [2.75, 3.05) is 19.5 Å². The monoisotopic (exact) mass is 327 g/mol. The van der Waals surface area contributed by atoms with Gasteiger partial charge in [0.1, 0.15) is 11.5 Å². The molecule has 0 fully saturated rings. The molecule has 1 N–H and O–H groups in total. The third kappa shape index (κ3) is 4.35. The molecule has 0 radical (unpaired) electrons. The van der Waals surface area contributed by atoms with Crippen molar-refractivity contribution < 1.29 is 19.1 Å². The first kappa shape index (κ1) is 17.5. The third-order valence-corrected chi connectivity index (χ3v) is 3.71. The van der Waals surface area contributed by atoms with Gasteiger partial charge in [0, 0.05) is 24.6 Å². The Morgan fingerprint density at radius 2 is 1.75 bits per heavy atom. The molecule has 126 valence electrons. The number of Topliss-reactive ketones (excluding diaryl/α,β-unsaturated/α-hetero) is 1. The molecule has 0 heterocycles. The number of carbonyl (C=O) groups is 2. The van der Waals surface area contributed by atoms with E-state index in [2.05, 4.69) is 5.32 Å². The number of ketones is 1.